The second kappa shape index (κ2) is 4.96. The predicted octanol–water partition coefficient (Wildman–Crippen LogP) is 4.22. The van der Waals surface area contributed by atoms with Crippen molar-refractivity contribution in [2.45, 2.75) is 45.8 Å². The number of hydrogen-bond acceptors (Lipinski definition) is 2. The molecule has 19 heavy (non-hydrogen) atoms. The molecule has 0 amide bonds. The van der Waals surface area contributed by atoms with Crippen LogP contribution in [-0.2, 0) is 0 Å². The van der Waals surface area contributed by atoms with Gasteiger partial charge in [0.05, 0.1) is 0 Å². The molecule has 0 aromatic heterocycles. The van der Waals surface area contributed by atoms with E-state index >= 15 is 0 Å². The lowest BCUT2D eigenvalue weighted by atomic mass is 10.1. The first kappa shape index (κ1) is 15.7. The van der Waals surface area contributed by atoms with Crippen molar-refractivity contribution >= 4 is 14.3 Å². The molecule has 0 atom stereocenters. The number of benzene rings is 1. The number of carboxylic acids is 1. The van der Waals surface area contributed by atoms with Gasteiger partial charge in [-0.3, -0.25) is 0 Å². The SMILES string of the molecule is Cc1c(F)ccc(C(=O)O)c1O[Si](C)(C)C(C)(C)C. The van der Waals surface area contributed by atoms with E-state index in [1.165, 1.54) is 6.07 Å². The third-order valence-electron chi connectivity index (χ3n) is 3.73. The fourth-order valence-corrected chi connectivity index (χ4v) is 2.46. The van der Waals surface area contributed by atoms with Gasteiger partial charge in [0.2, 0.25) is 0 Å². The molecule has 1 aromatic carbocycles. The Kier molecular flexibility index (Phi) is 4.10. The molecule has 5 heteroatoms. The van der Waals surface area contributed by atoms with Gasteiger partial charge in [-0.1, -0.05) is 20.8 Å². The molecule has 1 rings (SSSR count). The van der Waals surface area contributed by atoms with Crippen LogP contribution in [0.5, 0.6) is 5.75 Å². The highest BCUT2D eigenvalue weighted by Gasteiger charge is 2.40. The molecule has 0 spiro atoms. The van der Waals surface area contributed by atoms with E-state index in [4.69, 9.17) is 4.43 Å². The first-order valence-corrected chi connectivity index (χ1v) is 9.09. The number of carboxylic acid groups (broad SMARTS) is 1. The first-order valence-electron chi connectivity index (χ1n) is 6.19. The maximum absolute atomic E-state index is 13.6. The predicted molar refractivity (Wildman–Crippen MR) is 75.9 cm³/mol. The van der Waals surface area contributed by atoms with Crippen molar-refractivity contribution in [1.29, 1.82) is 0 Å². The molecule has 1 N–H and O–H groups in total. The molecule has 1 aromatic rings. The van der Waals surface area contributed by atoms with Gasteiger partial charge in [-0.15, -0.1) is 0 Å². The molecule has 0 aliphatic carbocycles. The van der Waals surface area contributed by atoms with E-state index in [0.717, 1.165) is 6.07 Å². The quantitative estimate of drug-likeness (QED) is 0.845. The number of carbonyl (C=O) groups is 1. The van der Waals surface area contributed by atoms with Gasteiger partial charge < -0.3 is 9.53 Å². The molecular formula is C14H21FO3Si. The van der Waals surface area contributed by atoms with E-state index in [-0.39, 0.29) is 21.9 Å². The van der Waals surface area contributed by atoms with Crippen LogP contribution in [0.3, 0.4) is 0 Å². The maximum atomic E-state index is 13.6. The van der Waals surface area contributed by atoms with E-state index < -0.39 is 20.1 Å². The topological polar surface area (TPSA) is 46.5 Å². The molecule has 0 aliphatic rings. The second-order valence-corrected chi connectivity index (χ2v) is 10.9. The van der Waals surface area contributed by atoms with Crippen molar-refractivity contribution in [3.8, 4) is 5.75 Å². The van der Waals surface area contributed by atoms with Gasteiger partial charge in [0, 0.05) is 5.56 Å². The van der Waals surface area contributed by atoms with Crippen LogP contribution in [0, 0.1) is 12.7 Å². The van der Waals surface area contributed by atoms with Gasteiger partial charge in [-0.2, -0.15) is 0 Å². The monoisotopic (exact) mass is 284 g/mol. The summed E-state index contributed by atoms with van der Waals surface area (Å²) in [5.74, 6) is -1.38. The Morgan fingerprint density at radius 1 is 1.32 bits per heavy atom. The van der Waals surface area contributed by atoms with Crippen molar-refractivity contribution < 1.29 is 18.7 Å². The normalized spacial score (nSPS) is 12.4. The number of aromatic carboxylic acids is 1. The summed E-state index contributed by atoms with van der Waals surface area (Å²) in [4.78, 5) is 11.2. The molecule has 0 heterocycles. The zero-order valence-corrected chi connectivity index (χ0v) is 13.3. The smallest absolute Gasteiger partial charge is 0.339 e. The zero-order valence-electron chi connectivity index (χ0n) is 12.3. The largest absolute Gasteiger partial charge is 0.543 e. The van der Waals surface area contributed by atoms with Gasteiger partial charge in [-0.05, 0) is 37.2 Å². The van der Waals surface area contributed by atoms with E-state index in [2.05, 4.69) is 0 Å². The third kappa shape index (κ3) is 3.15. The van der Waals surface area contributed by atoms with Crippen molar-refractivity contribution in [1.82, 2.24) is 0 Å². The Balaban J connectivity index is 3.35. The maximum Gasteiger partial charge on any atom is 0.339 e. The van der Waals surface area contributed by atoms with Gasteiger partial charge >= 0.3 is 5.97 Å². The number of halogens is 1. The highest BCUT2D eigenvalue weighted by Crippen LogP contribution is 2.39. The number of hydrogen-bond donors (Lipinski definition) is 1. The van der Waals surface area contributed by atoms with Gasteiger partial charge in [0.1, 0.15) is 17.1 Å². The molecule has 0 bridgehead atoms. The van der Waals surface area contributed by atoms with E-state index in [1.54, 1.807) is 6.92 Å². The minimum absolute atomic E-state index is 0.0173. The molecule has 106 valence electrons. The van der Waals surface area contributed by atoms with Crippen LogP contribution in [-0.4, -0.2) is 19.4 Å². The summed E-state index contributed by atoms with van der Waals surface area (Å²) < 4.78 is 19.6. The molecular weight excluding hydrogens is 263 g/mol. The Morgan fingerprint density at radius 2 is 1.84 bits per heavy atom. The molecule has 0 saturated carbocycles. The van der Waals surface area contributed by atoms with Crippen molar-refractivity contribution in [2.75, 3.05) is 0 Å². The highest BCUT2D eigenvalue weighted by molar-refractivity contribution is 6.74. The van der Waals surface area contributed by atoms with Crippen LogP contribution in [0.4, 0.5) is 4.39 Å². The van der Waals surface area contributed by atoms with Crippen molar-refractivity contribution in [2.24, 2.45) is 0 Å². The van der Waals surface area contributed by atoms with Gasteiger partial charge in [0.15, 0.2) is 0 Å². The summed E-state index contributed by atoms with van der Waals surface area (Å²) in [5, 5.41) is 9.11. The summed E-state index contributed by atoms with van der Waals surface area (Å²) >= 11 is 0. The second-order valence-electron chi connectivity index (χ2n) is 6.22. The lowest BCUT2D eigenvalue weighted by molar-refractivity contribution is 0.0694. The first-order chi connectivity index (χ1) is 8.47. The average molecular weight is 284 g/mol. The molecule has 0 aliphatic heterocycles. The highest BCUT2D eigenvalue weighted by atomic mass is 28.4. The average Bonchev–Trinajstić information content (AvgIpc) is 2.22. The standard InChI is InChI=1S/C14H21FO3Si/c1-9-11(15)8-7-10(13(16)17)12(9)18-19(5,6)14(2,3)4/h7-8H,1-6H3,(H,16,17). The molecule has 3 nitrogen and oxygen atoms in total. The Morgan fingerprint density at radius 3 is 2.26 bits per heavy atom. The van der Waals surface area contributed by atoms with Crippen LogP contribution >= 0.6 is 0 Å². The van der Waals surface area contributed by atoms with E-state index in [0.29, 0.717) is 0 Å². The molecule has 0 radical (unpaired) electrons. The Bertz CT molecular complexity index is 504. The van der Waals surface area contributed by atoms with Gasteiger partial charge in [0.25, 0.3) is 8.32 Å². The molecule has 0 saturated heterocycles. The van der Waals surface area contributed by atoms with E-state index in [1.807, 2.05) is 33.9 Å². The summed E-state index contributed by atoms with van der Waals surface area (Å²) in [6.07, 6.45) is 0. The van der Waals surface area contributed by atoms with Gasteiger partial charge in [-0.25, -0.2) is 9.18 Å². The Hall–Kier alpha value is -1.36. The third-order valence-corrected chi connectivity index (χ3v) is 8.06. The van der Waals surface area contributed by atoms with Crippen molar-refractivity contribution in [3.05, 3.63) is 29.1 Å². The molecule has 0 fully saturated rings. The van der Waals surface area contributed by atoms with Crippen LogP contribution in [0.25, 0.3) is 0 Å². The minimum Gasteiger partial charge on any atom is -0.543 e. The Labute approximate surface area is 114 Å². The lowest BCUT2D eigenvalue weighted by Gasteiger charge is -2.37. The minimum atomic E-state index is -2.21. The summed E-state index contributed by atoms with van der Waals surface area (Å²) in [5.41, 5.74) is 0.272. The fraction of sp³-hybridized carbons (Fsp3) is 0.500. The van der Waals surface area contributed by atoms with Crippen molar-refractivity contribution in [3.63, 3.8) is 0 Å². The van der Waals surface area contributed by atoms with Crippen LogP contribution in [0.1, 0.15) is 36.7 Å². The summed E-state index contributed by atoms with van der Waals surface area (Å²) in [6.45, 7) is 11.7. The van der Waals surface area contributed by atoms with Crippen LogP contribution in [0.2, 0.25) is 18.1 Å². The summed E-state index contributed by atoms with van der Waals surface area (Å²) in [6, 6.07) is 2.42. The fourth-order valence-electron chi connectivity index (χ4n) is 1.38. The van der Waals surface area contributed by atoms with E-state index in [9.17, 15) is 14.3 Å². The van der Waals surface area contributed by atoms with Crippen LogP contribution in [0.15, 0.2) is 12.1 Å². The van der Waals surface area contributed by atoms with Crippen LogP contribution < -0.4 is 4.43 Å². The zero-order chi connectivity index (χ0) is 15.0. The lowest BCUT2D eigenvalue weighted by Crippen LogP contribution is -2.44. The summed E-state index contributed by atoms with van der Waals surface area (Å²) in [7, 11) is -2.21. The molecule has 0 unspecified atom stereocenters. The number of rotatable bonds is 3.